The molecule has 2 aromatic rings. The molecule has 3 N–H and O–H groups in total. The second-order valence-corrected chi connectivity index (χ2v) is 7.18. The van der Waals surface area contributed by atoms with E-state index < -0.39 is 0 Å². The number of amides is 1. The molecule has 0 radical (unpaired) electrons. The van der Waals surface area contributed by atoms with Crippen LogP contribution in [0.2, 0.25) is 0 Å². The van der Waals surface area contributed by atoms with Gasteiger partial charge in [-0.1, -0.05) is 29.2 Å². The van der Waals surface area contributed by atoms with Crippen LogP contribution in [-0.2, 0) is 4.79 Å². The number of aryl methyl sites for hydroxylation is 2. The lowest BCUT2D eigenvalue weighted by Crippen LogP contribution is -2.22. The van der Waals surface area contributed by atoms with Gasteiger partial charge in [0.15, 0.2) is 4.34 Å². The second-order valence-electron chi connectivity index (χ2n) is 4.41. The number of aromatic nitrogens is 2. The zero-order chi connectivity index (χ0) is 14.7. The lowest BCUT2D eigenvalue weighted by molar-refractivity contribution is -0.115. The molecule has 1 aromatic carbocycles. The van der Waals surface area contributed by atoms with Crippen molar-refractivity contribution in [1.29, 1.82) is 0 Å². The maximum atomic E-state index is 12.2. The minimum atomic E-state index is -0.247. The van der Waals surface area contributed by atoms with Gasteiger partial charge in [0, 0.05) is 11.4 Å². The highest BCUT2D eigenvalue weighted by Gasteiger charge is 2.17. The molecule has 0 fully saturated rings. The Labute approximate surface area is 126 Å². The third-order valence-corrected chi connectivity index (χ3v) is 4.70. The van der Waals surface area contributed by atoms with Crippen LogP contribution in [0.5, 0.6) is 0 Å². The number of hydrogen-bond donors (Lipinski definition) is 2. The average molecular weight is 308 g/mol. The number of thioether (sulfide) groups is 1. The Morgan fingerprint density at radius 3 is 2.80 bits per heavy atom. The maximum absolute atomic E-state index is 12.2. The van der Waals surface area contributed by atoms with Crippen LogP contribution in [0, 0.1) is 13.8 Å². The number of carbonyl (C=O) groups is 1. The highest BCUT2D eigenvalue weighted by molar-refractivity contribution is 8.02. The number of rotatable bonds is 4. The van der Waals surface area contributed by atoms with Crippen molar-refractivity contribution in [2.24, 2.45) is 0 Å². The molecule has 1 heterocycles. The first kappa shape index (κ1) is 14.8. The number of nitrogen functional groups attached to an aromatic ring is 1. The summed E-state index contributed by atoms with van der Waals surface area (Å²) < 4.78 is 0.800. The van der Waals surface area contributed by atoms with E-state index in [2.05, 4.69) is 15.5 Å². The summed E-state index contributed by atoms with van der Waals surface area (Å²) in [5.74, 6) is -0.0726. The van der Waals surface area contributed by atoms with Gasteiger partial charge < -0.3 is 11.1 Å². The number of nitrogens with one attached hydrogen (secondary N) is 1. The van der Waals surface area contributed by atoms with Crippen LogP contribution in [-0.4, -0.2) is 21.4 Å². The molecule has 1 atom stereocenters. The van der Waals surface area contributed by atoms with Crippen molar-refractivity contribution < 1.29 is 4.79 Å². The molecule has 1 amide bonds. The second kappa shape index (κ2) is 6.23. The molecule has 1 unspecified atom stereocenters. The predicted molar refractivity (Wildman–Crippen MR) is 84.2 cm³/mol. The molecule has 7 heteroatoms. The molecular weight excluding hydrogens is 292 g/mol. The van der Waals surface area contributed by atoms with Gasteiger partial charge in [-0.15, -0.1) is 10.2 Å². The molecule has 0 spiro atoms. The molecule has 0 aliphatic carbocycles. The quantitative estimate of drug-likeness (QED) is 0.670. The van der Waals surface area contributed by atoms with Crippen molar-refractivity contribution in [2.75, 3.05) is 11.1 Å². The number of anilines is 2. The monoisotopic (exact) mass is 308 g/mol. The summed E-state index contributed by atoms with van der Waals surface area (Å²) in [4.78, 5) is 12.2. The van der Waals surface area contributed by atoms with Crippen LogP contribution in [0.1, 0.15) is 17.5 Å². The van der Waals surface area contributed by atoms with E-state index in [1.807, 2.05) is 32.9 Å². The van der Waals surface area contributed by atoms with E-state index in [-0.39, 0.29) is 11.2 Å². The standard InChI is InChI=1S/C13H16N4OS2/c1-7-4-5-10(14)6-11(7)15-12(18)8(2)19-13-17-16-9(3)20-13/h4-6,8H,14H2,1-3H3,(H,15,18). The SMILES string of the molecule is Cc1nnc(SC(C)C(=O)Nc2cc(N)ccc2C)s1. The van der Waals surface area contributed by atoms with E-state index >= 15 is 0 Å². The molecule has 0 aliphatic heterocycles. The van der Waals surface area contributed by atoms with Gasteiger partial charge in [0.1, 0.15) is 5.01 Å². The molecule has 5 nitrogen and oxygen atoms in total. The summed E-state index contributed by atoms with van der Waals surface area (Å²) in [7, 11) is 0. The Kier molecular flexibility index (Phi) is 4.61. The summed E-state index contributed by atoms with van der Waals surface area (Å²) in [5, 5.41) is 11.5. The van der Waals surface area contributed by atoms with Gasteiger partial charge in [-0.05, 0) is 38.5 Å². The smallest absolute Gasteiger partial charge is 0.237 e. The van der Waals surface area contributed by atoms with Crippen molar-refractivity contribution in [3.8, 4) is 0 Å². The van der Waals surface area contributed by atoms with Crippen LogP contribution in [0.3, 0.4) is 0 Å². The first-order valence-corrected chi connectivity index (χ1v) is 7.79. The zero-order valence-corrected chi connectivity index (χ0v) is 13.1. The molecule has 106 valence electrons. The van der Waals surface area contributed by atoms with Crippen molar-refractivity contribution in [3.05, 3.63) is 28.8 Å². The van der Waals surface area contributed by atoms with Crippen LogP contribution in [0.25, 0.3) is 0 Å². The Hall–Kier alpha value is -1.60. The minimum absolute atomic E-state index is 0.0726. The summed E-state index contributed by atoms with van der Waals surface area (Å²) in [6.45, 7) is 5.67. The summed E-state index contributed by atoms with van der Waals surface area (Å²) in [6, 6.07) is 5.46. The molecule has 0 aliphatic rings. The van der Waals surface area contributed by atoms with Crippen LogP contribution in [0.15, 0.2) is 22.5 Å². The number of hydrogen-bond acceptors (Lipinski definition) is 6. The van der Waals surface area contributed by atoms with Crippen molar-refractivity contribution in [1.82, 2.24) is 10.2 Å². The number of carbonyl (C=O) groups excluding carboxylic acids is 1. The van der Waals surface area contributed by atoms with E-state index in [1.165, 1.54) is 23.1 Å². The van der Waals surface area contributed by atoms with Crippen LogP contribution >= 0.6 is 23.1 Å². The van der Waals surface area contributed by atoms with Crippen molar-refractivity contribution in [3.63, 3.8) is 0 Å². The lowest BCUT2D eigenvalue weighted by atomic mass is 10.2. The molecule has 2 rings (SSSR count). The van der Waals surface area contributed by atoms with Gasteiger partial charge in [-0.2, -0.15) is 0 Å². The topological polar surface area (TPSA) is 80.9 Å². The zero-order valence-electron chi connectivity index (χ0n) is 11.5. The highest BCUT2D eigenvalue weighted by atomic mass is 32.2. The molecular formula is C13H16N4OS2. The van der Waals surface area contributed by atoms with Gasteiger partial charge in [-0.25, -0.2) is 0 Å². The summed E-state index contributed by atoms with van der Waals surface area (Å²) in [5.41, 5.74) is 8.09. The lowest BCUT2D eigenvalue weighted by Gasteiger charge is -2.12. The molecule has 1 aromatic heterocycles. The largest absolute Gasteiger partial charge is 0.399 e. The van der Waals surface area contributed by atoms with Crippen molar-refractivity contribution >= 4 is 40.4 Å². The minimum Gasteiger partial charge on any atom is -0.399 e. The fourth-order valence-electron chi connectivity index (χ4n) is 1.54. The predicted octanol–water partition coefficient (Wildman–Crippen LogP) is 2.86. The van der Waals surface area contributed by atoms with Gasteiger partial charge in [0.25, 0.3) is 0 Å². The highest BCUT2D eigenvalue weighted by Crippen LogP contribution is 2.27. The fourth-order valence-corrected chi connectivity index (χ4v) is 3.50. The Balaban J connectivity index is 2.02. The first-order valence-electron chi connectivity index (χ1n) is 6.09. The molecule has 20 heavy (non-hydrogen) atoms. The van der Waals surface area contributed by atoms with Gasteiger partial charge in [0.2, 0.25) is 5.91 Å². The molecule has 0 bridgehead atoms. The van der Waals surface area contributed by atoms with E-state index in [9.17, 15) is 4.79 Å². The maximum Gasteiger partial charge on any atom is 0.237 e. The Morgan fingerprint density at radius 1 is 1.40 bits per heavy atom. The van der Waals surface area contributed by atoms with Gasteiger partial charge >= 0.3 is 0 Å². The van der Waals surface area contributed by atoms with E-state index in [4.69, 9.17) is 5.73 Å². The average Bonchev–Trinajstić information content (AvgIpc) is 2.79. The van der Waals surface area contributed by atoms with Gasteiger partial charge in [-0.3, -0.25) is 4.79 Å². The van der Waals surface area contributed by atoms with Crippen LogP contribution in [0.4, 0.5) is 11.4 Å². The van der Waals surface area contributed by atoms with E-state index in [0.29, 0.717) is 5.69 Å². The third-order valence-electron chi connectivity index (χ3n) is 2.67. The Morgan fingerprint density at radius 2 is 2.15 bits per heavy atom. The number of nitrogens with zero attached hydrogens (tertiary/aromatic N) is 2. The Bertz CT molecular complexity index is 627. The summed E-state index contributed by atoms with van der Waals surface area (Å²) in [6.07, 6.45) is 0. The first-order chi connectivity index (χ1) is 9.45. The molecule has 0 saturated carbocycles. The van der Waals surface area contributed by atoms with Crippen LogP contribution < -0.4 is 11.1 Å². The number of benzene rings is 1. The fraction of sp³-hybridized carbons (Fsp3) is 0.308. The van der Waals surface area contributed by atoms with E-state index in [1.54, 1.807) is 6.07 Å². The number of nitrogens with two attached hydrogens (primary N) is 1. The van der Waals surface area contributed by atoms with Gasteiger partial charge in [0.05, 0.1) is 5.25 Å². The summed E-state index contributed by atoms with van der Waals surface area (Å²) >= 11 is 2.89. The van der Waals surface area contributed by atoms with E-state index in [0.717, 1.165) is 20.6 Å². The normalized spacial score (nSPS) is 12.2. The molecule has 0 saturated heterocycles. The van der Waals surface area contributed by atoms with Crippen molar-refractivity contribution in [2.45, 2.75) is 30.4 Å². The third kappa shape index (κ3) is 3.71.